The van der Waals surface area contributed by atoms with Crippen molar-refractivity contribution in [2.24, 2.45) is 0 Å². The SMILES string of the molecule is Nc1ccc(/C=C/C(=O)NCc2cc3cc(C#CC4(O)CCC(F)(F)CC4)cc(-c4ccc(F)cc4)c3o2)cn1. The smallest absolute Gasteiger partial charge is 0.248 e. The normalized spacial score (nSPS) is 16.0. The molecule has 0 radical (unpaired) electrons. The predicted molar refractivity (Wildman–Crippen MR) is 146 cm³/mol. The minimum absolute atomic E-state index is 0.107. The molecule has 0 saturated heterocycles. The second-order valence-electron chi connectivity index (χ2n) is 9.87. The van der Waals surface area contributed by atoms with Crippen molar-refractivity contribution in [1.82, 2.24) is 10.3 Å². The van der Waals surface area contributed by atoms with Crippen LogP contribution < -0.4 is 11.1 Å². The molecule has 1 amide bonds. The van der Waals surface area contributed by atoms with Crippen molar-refractivity contribution >= 4 is 28.8 Å². The van der Waals surface area contributed by atoms with Crippen molar-refractivity contribution in [2.75, 3.05) is 5.73 Å². The van der Waals surface area contributed by atoms with E-state index < -0.39 is 30.2 Å². The van der Waals surface area contributed by atoms with Crippen LogP contribution in [-0.2, 0) is 11.3 Å². The number of benzene rings is 2. The van der Waals surface area contributed by atoms with Gasteiger partial charge in [-0.2, -0.15) is 0 Å². The summed E-state index contributed by atoms with van der Waals surface area (Å²) in [7, 11) is 0. The molecular weight excluding hydrogens is 519 g/mol. The molecule has 2 heterocycles. The highest BCUT2D eigenvalue weighted by Gasteiger charge is 2.41. The van der Waals surface area contributed by atoms with Gasteiger partial charge in [0.15, 0.2) is 0 Å². The molecule has 9 heteroatoms. The van der Waals surface area contributed by atoms with Crippen molar-refractivity contribution in [3.05, 3.63) is 89.6 Å². The quantitative estimate of drug-likeness (QED) is 0.216. The van der Waals surface area contributed by atoms with E-state index in [-0.39, 0.29) is 25.3 Å². The zero-order chi connectivity index (χ0) is 28.3. The fraction of sp³-hybridized carbons (Fsp3) is 0.226. The molecule has 2 aromatic heterocycles. The number of carbonyl (C=O) groups excluding carboxylic acids is 1. The lowest BCUT2D eigenvalue weighted by Crippen LogP contribution is -2.37. The summed E-state index contributed by atoms with van der Waals surface area (Å²) in [5, 5.41) is 14.2. The highest BCUT2D eigenvalue weighted by atomic mass is 19.3. The minimum atomic E-state index is -2.78. The number of anilines is 1. The molecule has 0 spiro atoms. The summed E-state index contributed by atoms with van der Waals surface area (Å²) in [6.45, 7) is 0.107. The van der Waals surface area contributed by atoms with Crippen LogP contribution in [0.25, 0.3) is 28.2 Å². The van der Waals surface area contributed by atoms with Crippen LogP contribution in [0.5, 0.6) is 0 Å². The first-order chi connectivity index (χ1) is 19.1. The van der Waals surface area contributed by atoms with Crippen LogP contribution in [0, 0.1) is 17.7 Å². The number of nitrogens with zero attached hydrogens (tertiary/aromatic N) is 1. The Morgan fingerprint density at radius 2 is 1.85 bits per heavy atom. The van der Waals surface area contributed by atoms with E-state index in [4.69, 9.17) is 10.2 Å². The second-order valence-corrected chi connectivity index (χ2v) is 9.87. The van der Waals surface area contributed by atoms with Crippen LogP contribution in [0.1, 0.15) is 42.6 Å². The molecule has 4 aromatic rings. The highest BCUT2D eigenvalue weighted by molar-refractivity contribution is 5.95. The number of hydrogen-bond acceptors (Lipinski definition) is 5. The first-order valence-electron chi connectivity index (χ1n) is 12.7. The van der Waals surface area contributed by atoms with E-state index >= 15 is 0 Å². The number of halogens is 3. The summed E-state index contributed by atoms with van der Waals surface area (Å²) < 4.78 is 46.8. The molecule has 204 valence electrons. The van der Waals surface area contributed by atoms with Gasteiger partial charge in [-0.25, -0.2) is 18.2 Å². The van der Waals surface area contributed by atoms with Gasteiger partial charge in [0.2, 0.25) is 11.8 Å². The molecule has 0 aliphatic heterocycles. The first-order valence-corrected chi connectivity index (χ1v) is 12.7. The summed E-state index contributed by atoms with van der Waals surface area (Å²) in [6.07, 6.45) is 3.48. The standard InChI is InChI=1S/C31H26F3N3O3/c32-24-5-3-22(4-6-24)26-16-21(9-10-30(39)11-13-31(33,34)14-12-30)15-23-17-25(40-29(23)26)19-37-28(38)8-2-20-1-7-27(35)36-18-20/h1-8,15-18,39H,11-14,19H2,(H2,35,36)(H,37,38)/b8-2+. The number of nitrogens with two attached hydrogens (primary N) is 1. The van der Waals surface area contributed by atoms with Crippen molar-refractivity contribution in [2.45, 2.75) is 43.8 Å². The average Bonchev–Trinajstić information content (AvgIpc) is 3.35. The van der Waals surface area contributed by atoms with Gasteiger partial charge in [-0.1, -0.05) is 24.0 Å². The largest absolute Gasteiger partial charge is 0.459 e. The van der Waals surface area contributed by atoms with E-state index in [1.165, 1.54) is 18.2 Å². The summed E-state index contributed by atoms with van der Waals surface area (Å²) in [4.78, 5) is 16.3. The second kappa shape index (κ2) is 10.9. The van der Waals surface area contributed by atoms with Gasteiger partial charge in [0.25, 0.3) is 0 Å². The van der Waals surface area contributed by atoms with Gasteiger partial charge in [0, 0.05) is 41.6 Å². The Morgan fingerprint density at radius 3 is 2.55 bits per heavy atom. The third kappa shape index (κ3) is 6.53. The Balaban J connectivity index is 1.40. The van der Waals surface area contributed by atoms with E-state index in [1.54, 1.807) is 54.7 Å². The number of nitrogen functional groups attached to an aromatic ring is 1. The Kier molecular flexibility index (Phi) is 7.37. The Morgan fingerprint density at radius 1 is 1.10 bits per heavy atom. The van der Waals surface area contributed by atoms with Gasteiger partial charge in [-0.15, -0.1) is 0 Å². The number of nitrogens with one attached hydrogen (secondary N) is 1. The van der Waals surface area contributed by atoms with Gasteiger partial charge in [0.05, 0.1) is 6.54 Å². The van der Waals surface area contributed by atoms with Gasteiger partial charge in [-0.3, -0.25) is 4.79 Å². The van der Waals surface area contributed by atoms with E-state index in [2.05, 4.69) is 22.1 Å². The number of furan rings is 1. The van der Waals surface area contributed by atoms with Gasteiger partial charge in [0.1, 0.15) is 28.6 Å². The average molecular weight is 546 g/mol. The maximum atomic E-state index is 13.6. The van der Waals surface area contributed by atoms with Crippen LogP contribution in [0.2, 0.25) is 0 Å². The molecule has 1 aliphatic carbocycles. The number of rotatable bonds is 5. The number of aliphatic hydroxyl groups is 1. The van der Waals surface area contributed by atoms with Crippen LogP contribution >= 0.6 is 0 Å². The molecule has 40 heavy (non-hydrogen) atoms. The zero-order valence-corrected chi connectivity index (χ0v) is 21.4. The molecule has 1 fully saturated rings. The highest BCUT2D eigenvalue weighted by Crippen LogP contribution is 2.38. The fourth-order valence-corrected chi connectivity index (χ4v) is 4.47. The molecule has 0 atom stereocenters. The van der Waals surface area contributed by atoms with Crippen LogP contribution in [0.4, 0.5) is 19.0 Å². The molecule has 0 unspecified atom stereocenters. The topological polar surface area (TPSA) is 101 Å². The lowest BCUT2D eigenvalue weighted by molar-refractivity contribution is -0.116. The van der Waals surface area contributed by atoms with Crippen LogP contribution in [0.3, 0.4) is 0 Å². The number of alkyl halides is 2. The number of amides is 1. The van der Waals surface area contributed by atoms with E-state index in [1.807, 2.05) is 0 Å². The fourth-order valence-electron chi connectivity index (χ4n) is 4.47. The molecule has 4 N–H and O–H groups in total. The molecule has 1 aliphatic rings. The predicted octanol–water partition coefficient (Wildman–Crippen LogP) is 5.84. The number of carbonyl (C=O) groups is 1. The Bertz CT molecular complexity index is 1620. The van der Waals surface area contributed by atoms with Crippen LogP contribution in [-0.4, -0.2) is 27.5 Å². The third-order valence-corrected chi connectivity index (χ3v) is 6.74. The van der Waals surface area contributed by atoms with E-state index in [0.29, 0.717) is 39.2 Å². The number of fused-ring (bicyclic) bond motifs is 1. The molecule has 6 nitrogen and oxygen atoms in total. The van der Waals surface area contributed by atoms with Crippen molar-refractivity contribution in [1.29, 1.82) is 0 Å². The lowest BCUT2D eigenvalue weighted by atomic mass is 9.83. The lowest BCUT2D eigenvalue weighted by Gasteiger charge is -2.31. The van der Waals surface area contributed by atoms with Gasteiger partial charge < -0.3 is 20.6 Å². The van der Waals surface area contributed by atoms with Crippen LogP contribution in [0.15, 0.2) is 71.3 Å². The number of pyridine rings is 1. The van der Waals surface area contributed by atoms with E-state index in [0.717, 1.165) is 5.56 Å². The number of hydrogen-bond donors (Lipinski definition) is 3. The minimum Gasteiger partial charge on any atom is -0.459 e. The van der Waals surface area contributed by atoms with Gasteiger partial charge >= 0.3 is 0 Å². The monoisotopic (exact) mass is 545 g/mol. The summed E-state index contributed by atoms with van der Waals surface area (Å²) in [5.74, 6) is 3.08. The molecule has 0 bridgehead atoms. The maximum Gasteiger partial charge on any atom is 0.248 e. The van der Waals surface area contributed by atoms with Crippen molar-refractivity contribution < 1.29 is 27.5 Å². The molecule has 2 aromatic carbocycles. The zero-order valence-electron chi connectivity index (χ0n) is 21.4. The van der Waals surface area contributed by atoms with E-state index in [9.17, 15) is 23.1 Å². The number of aromatic nitrogens is 1. The molecule has 5 rings (SSSR count). The Labute approximate surface area is 228 Å². The summed E-state index contributed by atoms with van der Waals surface area (Å²) in [5.41, 5.74) is 7.16. The van der Waals surface area contributed by atoms with Crippen molar-refractivity contribution in [3.8, 4) is 23.0 Å². The summed E-state index contributed by atoms with van der Waals surface area (Å²) >= 11 is 0. The third-order valence-electron chi connectivity index (χ3n) is 6.74. The first kappa shape index (κ1) is 27.0. The maximum absolute atomic E-state index is 13.6. The molecule has 1 saturated carbocycles. The summed E-state index contributed by atoms with van der Waals surface area (Å²) in [6, 6.07) is 14.5. The van der Waals surface area contributed by atoms with Gasteiger partial charge in [-0.05, 0) is 72.5 Å². The Hall–Kier alpha value is -4.55. The van der Waals surface area contributed by atoms with Crippen molar-refractivity contribution in [3.63, 3.8) is 0 Å². The molecular formula is C31H26F3N3O3.